The molecule has 1 atom stereocenters. The SMILES string of the molecule is CC1C=C(/C=N/N(C)c2nc(-c3ccccc3Cl)cs2)C(C(=O)OCOC(=O)C(C)(C)C)=C1. The highest BCUT2D eigenvalue weighted by Gasteiger charge is 2.25. The molecule has 1 heterocycles. The summed E-state index contributed by atoms with van der Waals surface area (Å²) < 4.78 is 10.2. The topological polar surface area (TPSA) is 81.1 Å². The van der Waals surface area contributed by atoms with Crippen molar-refractivity contribution in [1.29, 1.82) is 0 Å². The van der Waals surface area contributed by atoms with Gasteiger partial charge in [0.1, 0.15) is 0 Å². The van der Waals surface area contributed by atoms with Crippen molar-refractivity contribution in [3.63, 3.8) is 0 Å². The number of halogens is 1. The Labute approximate surface area is 202 Å². The number of hydrogen-bond donors (Lipinski definition) is 0. The zero-order chi connectivity index (χ0) is 24.2. The molecule has 1 unspecified atom stereocenters. The van der Waals surface area contributed by atoms with E-state index in [1.165, 1.54) is 11.3 Å². The van der Waals surface area contributed by atoms with Gasteiger partial charge in [-0.05, 0) is 32.8 Å². The number of ether oxygens (including phenoxy) is 2. The summed E-state index contributed by atoms with van der Waals surface area (Å²) >= 11 is 7.70. The lowest BCUT2D eigenvalue weighted by atomic mass is 9.98. The molecule has 0 amide bonds. The summed E-state index contributed by atoms with van der Waals surface area (Å²) in [5.41, 5.74) is 1.96. The molecule has 0 saturated carbocycles. The predicted octanol–water partition coefficient (Wildman–Crippen LogP) is 5.48. The quantitative estimate of drug-likeness (QED) is 0.223. The maximum absolute atomic E-state index is 12.5. The van der Waals surface area contributed by atoms with Gasteiger partial charge in [-0.2, -0.15) is 5.10 Å². The summed E-state index contributed by atoms with van der Waals surface area (Å²) in [4.78, 5) is 29.0. The number of aromatic nitrogens is 1. The second-order valence-corrected chi connectivity index (χ2v) is 9.80. The van der Waals surface area contributed by atoms with Crippen LogP contribution in [0.4, 0.5) is 5.13 Å². The van der Waals surface area contributed by atoms with Crippen LogP contribution >= 0.6 is 22.9 Å². The summed E-state index contributed by atoms with van der Waals surface area (Å²) in [5, 5.41) is 9.29. The lowest BCUT2D eigenvalue weighted by Crippen LogP contribution is -2.25. The molecule has 1 aromatic heterocycles. The zero-order valence-electron chi connectivity index (χ0n) is 19.2. The normalized spacial score (nSPS) is 15.9. The van der Waals surface area contributed by atoms with Crippen molar-refractivity contribution in [1.82, 2.24) is 4.98 Å². The van der Waals surface area contributed by atoms with Gasteiger partial charge in [0.2, 0.25) is 11.9 Å². The van der Waals surface area contributed by atoms with E-state index in [4.69, 9.17) is 21.1 Å². The fourth-order valence-corrected chi connectivity index (χ4v) is 3.89. The van der Waals surface area contributed by atoms with Gasteiger partial charge >= 0.3 is 11.9 Å². The molecule has 0 radical (unpaired) electrons. The molecule has 3 rings (SSSR count). The summed E-state index contributed by atoms with van der Waals surface area (Å²) in [6, 6.07) is 7.52. The van der Waals surface area contributed by atoms with Crippen LogP contribution in [0.2, 0.25) is 5.02 Å². The van der Waals surface area contributed by atoms with Crippen molar-refractivity contribution in [2.45, 2.75) is 27.7 Å². The van der Waals surface area contributed by atoms with Crippen LogP contribution in [0.3, 0.4) is 0 Å². The van der Waals surface area contributed by atoms with Crippen molar-refractivity contribution in [3.8, 4) is 11.3 Å². The molecule has 33 heavy (non-hydrogen) atoms. The first kappa shape index (κ1) is 24.7. The van der Waals surface area contributed by atoms with Crippen LogP contribution < -0.4 is 5.01 Å². The molecule has 9 heteroatoms. The minimum atomic E-state index is -0.669. The number of esters is 2. The van der Waals surface area contributed by atoms with E-state index in [9.17, 15) is 9.59 Å². The minimum absolute atomic E-state index is 0.0446. The van der Waals surface area contributed by atoms with Crippen LogP contribution in [0.25, 0.3) is 11.3 Å². The highest BCUT2D eigenvalue weighted by molar-refractivity contribution is 7.14. The van der Waals surface area contributed by atoms with E-state index in [1.807, 2.05) is 42.6 Å². The Morgan fingerprint density at radius 1 is 1.24 bits per heavy atom. The van der Waals surface area contributed by atoms with Gasteiger partial charge < -0.3 is 9.47 Å². The minimum Gasteiger partial charge on any atom is -0.427 e. The Morgan fingerprint density at radius 3 is 2.67 bits per heavy atom. The number of hydrogen-bond acceptors (Lipinski definition) is 8. The first-order chi connectivity index (χ1) is 15.6. The Kier molecular flexibility index (Phi) is 7.71. The van der Waals surface area contributed by atoms with Crippen LogP contribution in [0.15, 0.2) is 58.0 Å². The van der Waals surface area contributed by atoms with E-state index in [0.29, 0.717) is 21.3 Å². The molecule has 1 aliphatic carbocycles. The van der Waals surface area contributed by atoms with E-state index in [2.05, 4.69) is 10.1 Å². The second kappa shape index (κ2) is 10.3. The average molecular weight is 488 g/mol. The van der Waals surface area contributed by atoms with E-state index in [1.54, 1.807) is 45.1 Å². The van der Waals surface area contributed by atoms with Crippen molar-refractivity contribution >= 4 is 46.2 Å². The van der Waals surface area contributed by atoms with E-state index < -0.39 is 24.1 Å². The van der Waals surface area contributed by atoms with E-state index in [0.717, 1.165) is 11.3 Å². The number of hydrazone groups is 1. The Hall–Kier alpha value is -2.97. The molecule has 0 saturated heterocycles. The summed E-state index contributed by atoms with van der Waals surface area (Å²) in [6.45, 7) is 6.70. The molecule has 0 fully saturated rings. The van der Waals surface area contributed by atoms with Gasteiger partial charge in [0, 0.05) is 28.6 Å². The molecule has 2 aromatic rings. The van der Waals surface area contributed by atoms with Gasteiger partial charge in [-0.3, -0.25) is 4.79 Å². The standard InChI is InChI=1S/C24H26ClN3O4S/c1-15-10-16(18(11-15)21(29)31-14-32-22(30)24(2,3)4)12-26-28(5)23-27-20(13-33-23)17-8-6-7-9-19(17)25/h6-13,15H,14H2,1-5H3/b26-12+. The van der Waals surface area contributed by atoms with Crippen LogP contribution in [-0.2, 0) is 19.1 Å². The molecule has 1 aliphatic rings. The largest absolute Gasteiger partial charge is 0.427 e. The number of carbonyl (C=O) groups is 2. The van der Waals surface area contributed by atoms with Crippen LogP contribution in [0.5, 0.6) is 0 Å². The molecular formula is C24H26ClN3O4S. The highest BCUT2D eigenvalue weighted by Crippen LogP contribution is 2.31. The smallest absolute Gasteiger partial charge is 0.341 e. The zero-order valence-corrected chi connectivity index (χ0v) is 20.7. The first-order valence-corrected chi connectivity index (χ1v) is 11.6. The molecule has 0 spiro atoms. The van der Waals surface area contributed by atoms with Crippen molar-refractivity contribution in [3.05, 3.63) is 58.0 Å². The number of benzene rings is 1. The van der Waals surface area contributed by atoms with Crippen molar-refractivity contribution in [2.75, 3.05) is 18.8 Å². The van der Waals surface area contributed by atoms with Crippen LogP contribution in [0.1, 0.15) is 27.7 Å². The monoisotopic (exact) mass is 487 g/mol. The van der Waals surface area contributed by atoms with Gasteiger partial charge in [0.15, 0.2) is 0 Å². The predicted molar refractivity (Wildman–Crippen MR) is 131 cm³/mol. The van der Waals surface area contributed by atoms with E-state index >= 15 is 0 Å². The highest BCUT2D eigenvalue weighted by atomic mass is 35.5. The van der Waals surface area contributed by atoms with Crippen LogP contribution in [-0.4, -0.2) is 37.0 Å². The second-order valence-electron chi connectivity index (χ2n) is 8.56. The molecule has 174 valence electrons. The number of allylic oxidation sites excluding steroid dienone is 2. The lowest BCUT2D eigenvalue weighted by molar-refractivity contribution is -0.171. The van der Waals surface area contributed by atoms with Crippen molar-refractivity contribution in [2.24, 2.45) is 16.4 Å². The van der Waals surface area contributed by atoms with Gasteiger partial charge in [0.05, 0.1) is 22.9 Å². The molecular weight excluding hydrogens is 462 g/mol. The number of thiazole rings is 1. The summed E-state index contributed by atoms with van der Waals surface area (Å²) in [6.07, 6.45) is 5.29. The Bertz CT molecular complexity index is 1130. The van der Waals surface area contributed by atoms with Crippen molar-refractivity contribution < 1.29 is 19.1 Å². The third kappa shape index (κ3) is 6.30. The molecule has 0 aliphatic heterocycles. The number of rotatable bonds is 7. The maximum atomic E-state index is 12.5. The fourth-order valence-electron chi connectivity index (χ4n) is 2.91. The third-order valence-corrected chi connectivity index (χ3v) is 5.92. The fraction of sp³-hybridized carbons (Fsp3) is 0.333. The summed E-state index contributed by atoms with van der Waals surface area (Å²) in [7, 11) is 1.78. The van der Waals surface area contributed by atoms with Gasteiger partial charge in [-0.25, -0.2) is 14.8 Å². The first-order valence-electron chi connectivity index (χ1n) is 10.3. The van der Waals surface area contributed by atoms with Gasteiger partial charge in [0.25, 0.3) is 0 Å². The molecule has 0 bridgehead atoms. The van der Waals surface area contributed by atoms with Gasteiger partial charge in [-0.1, -0.05) is 48.9 Å². The molecule has 1 aromatic carbocycles. The Balaban J connectivity index is 1.63. The number of nitrogens with zero attached hydrogens (tertiary/aromatic N) is 3. The van der Waals surface area contributed by atoms with Gasteiger partial charge in [-0.15, -0.1) is 11.3 Å². The molecule has 0 N–H and O–H groups in total. The lowest BCUT2D eigenvalue weighted by Gasteiger charge is -2.16. The van der Waals surface area contributed by atoms with E-state index in [-0.39, 0.29) is 5.92 Å². The molecule has 7 nitrogen and oxygen atoms in total. The third-order valence-electron chi connectivity index (χ3n) is 4.68. The van der Waals surface area contributed by atoms with Crippen LogP contribution in [0, 0.1) is 11.3 Å². The Morgan fingerprint density at radius 2 is 1.97 bits per heavy atom. The number of carbonyl (C=O) groups excluding carboxylic acids is 2. The summed E-state index contributed by atoms with van der Waals surface area (Å²) in [5.74, 6) is -0.970. The maximum Gasteiger partial charge on any atom is 0.341 e. The number of anilines is 1. The average Bonchev–Trinajstić information content (AvgIpc) is 3.38.